The summed E-state index contributed by atoms with van der Waals surface area (Å²) in [6.07, 6.45) is 4.81. The van der Waals surface area contributed by atoms with Crippen LogP contribution in [-0.4, -0.2) is 7.11 Å². The van der Waals surface area contributed by atoms with E-state index in [0.717, 1.165) is 35.6 Å². The summed E-state index contributed by atoms with van der Waals surface area (Å²) >= 11 is 0. The standard InChI is InChI=1S/C22H23FO/c1-16-3-8-18(9-4-16)20-12-11-19(22(23)15-20)10-5-17-6-13-21(24-2)14-7-17/h6-7,11-16,18H,3-4,8-9H2,1-2H3. The molecule has 0 unspecified atom stereocenters. The van der Waals surface area contributed by atoms with Crippen LogP contribution in [0.2, 0.25) is 0 Å². The number of benzene rings is 2. The number of rotatable bonds is 2. The van der Waals surface area contributed by atoms with Crippen molar-refractivity contribution in [3.63, 3.8) is 0 Å². The van der Waals surface area contributed by atoms with E-state index in [1.165, 1.54) is 12.8 Å². The molecule has 0 saturated heterocycles. The molecule has 2 aromatic carbocycles. The van der Waals surface area contributed by atoms with Crippen molar-refractivity contribution in [1.82, 2.24) is 0 Å². The van der Waals surface area contributed by atoms with Crippen LogP contribution >= 0.6 is 0 Å². The molecular weight excluding hydrogens is 299 g/mol. The van der Waals surface area contributed by atoms with Crippen LogP contribution in [0.4, 0.5) is 4.39 Å². The summed E-state index contributed by atoms with van der Waals surface area (Å²) in [5.74, 6) is 7.83. The molecule has 1 aliphatic rings. The van der Waals surface area contributed by atoms with Crippen LogP contribution in [0.3, 0.4) is 0 Å². The van der Waals surface area contributed by atoms with Crippen LogP contribution in [0.25, 0.3) is 0 Å². The van der Waals surface area contributed by atoms with E-state index < -0.39 is 0 Å². The fourth-order valence-electron chi connectivity index (χ4n) is 3.29. The Morgan fingerprint density at radius 3 is 2.29 bits per heavy atom. The Morgan fingerprint density at radius 2 is 1.67 bits per heavy atom. The van der Waals surface area contributed by atoms with Gasteiger partial charge in [-0.25, -0.2) is 4.39 Å². The van der Waals surface area contributed by atoms with Gasteiger partial charge < -0.3 is 4.74 Å². The molecule has 1 saturated carbocycles. The van der Waals surface area contributed by atoms with Crippen molar-refractivity contribution in [1.29, 1.82) is 0 Å². The summed E-state index contributed by atoms with van der Waals surface area (Å²) in [5, 5.41) is 0. The van der Waals surface area contributed by atoms with Crippen molar-refractivity contribution in [2.75, 3.05) is 7.11 Å². The lowest BCUT2D eigenvalue weighted by atomic mass is 9.79. The van der Waals surface area contributed by atoms with Gasteiger partial charge in [0.15, 0.2) is 0 Å². The Kier molecular flexibility index (Phi) is 5.20. The Bertz CT molecular complexity index is 744. The highest BCUT2D eigenvalue weighted by Crippen LogP contribution is 2.35. The molecule has 24 heavy (non-hydrogen) atoms. The lowest BCUT2D eigenvalue weighted by Crippen LogP contribution is -2.11. The second-order valence-corrected chi connectivity index (χ2v) is 6.67. The first kappa shape index (κ1) is 16.6. The normalized spacial score (nSPS) is 20.1. The molecule has 0 amide bonds. The third kappa shape index (κ3) is 3.97. The number of methoxy groups -OCH3 is 1. The lowest BCUT2D eigenvalue weighted by Gasteiger charge is -2.26. The molecule has 0 spiro atoms. The van der Waals surface area contributed by atoms with Crippen molar-refractivity contribution >= 4 is 0 Å². The number of halogens is 1. The van der Waals surface area contributed by atoms with E-state index in [4.69, 9.17) is 4.74 Å². The highest BCUT2D eigenvalue weighted by molar-refractivity contribution is 5.45. The highest BCUT2D eigenvalue weighted by Gasteiger charge is 2.20. The molecule has 0 heterocycles. The minimum atomic E-state index is -0.216. The summed E-state index contributed by atoms with van der Waals surface area (Å²) in [6, 6.07) is 13.0. The molecule has 0 aliphatic heterocycles. The SMILES string of the molecule is COc1ccc(C#Cc2ccc(C3CCC(C)CC3)cc2F)cc1. The smallest absolute Gasteiger partial charge is 0.139 e. The average Bonchev–Trinajstić information content (AvgIpc) is 2.62. The molecule has 0 bridgehead atoms. The molecule has 3 rings (SSSR count). The van der Waals surface area contributed by atoms with Crippen molar-refractivity contribution in [3.05, 3.63) is 65.0 Å². The van der Waals surface area contributed by atoms with E-state index in [1.807, 2.05) is 36.4 Å². The maximum Gasteiger partial charge on any atom is 0.139 e. The van der Waals surface area contributed by atoms with Gasteiger partial charge in [0, 0.05) is 5.56 Å². The fraction of sp³-hybridized carbons (Fsp3) is 0.364. The van der Waals surface area contributed by atoms with Gasteiger partial charge in [-0.2, -0.15) is 0 Å². The molecule has 124 valence electrons. The molecule has 0 atom stereocenters. The predicted octanol–water partition coefficient (Wildman–Crippen LogP) is 5.53. The second-order valence-electron chi connectivity index (χ2n) is 6.67. The summed E-state index contributed by atoms with van der Waals surface area (Å²) < 4.78 is 19.5. The molecule has 1 nitrogen and oxygen atoms in total. The molecule has 0 radical (unpaired) electrons. The number of ether oxygens (including phenoxy) is 1. The van der Waals surface area contributed by atoms with Crippen molar-refractivity contribution in [2.45, 2.75) is 38.5 Å². The first-order valence-electron chi connectivity index (χ1n) is 8.61. The van der Waals surface area contributed by atoms with Crippen LogP contribution < -0.4 is 4.74 Å². The lowest BCUT2D eigenvalue weighted by molar-refractivity contribution is 0.347. The second kappa shape index (κ2) is 7.53. The molecule has 2 aromatic rings. The molecule has 1 fully saturated rings. The van der Waals surface area contributed by atoms with Gasteiger partial charge in [-0.3, -0.25) is 0 Å². The summed E-state index contributed by atoms with van der Waals surface area (Å²) in [6.45, 7) is 2.30. The molecular formula is C22H23FO. The van der Waals surface area contributed by atoms with E-state index in [-0.39, 0.29) is 5.82 Å². The molecule has 1 aliphatic carbocycles. The fourth-order valence-corrected chi connectivity index (χ4v) is 3.29. The van der Waals surface area contributed by atoms with Crippen LogP contribution in [0.5, 0.6) is 5.75 Å². The van der Waals surface area contributed by atoms with Crippen molar-refractivity contribution in [3.8, 4) is 17.6 Å². The molecule has 0 N–H and O–H groups in total. The van der Waals surface area contributed by atoms with Crippen LogP contribution in [-0.2, 0) is 0 Å². The minimum absolute atomic E-state index is 0.216. The van der Waals surface area contributed by atoms with Gasteiger partial charge in [-0.05, 0) is 66.6 Å². The third-order valence-electron chi connectivity index (χ3n) is 4.91. The summed E-state index contributed by atoms with van der Waals surface area (Å²) in [7, 11) is 1.63. The van der Waals surface area contributed by atoms with Gasteiger partial charge in [-0.15, -0.1) is 0 Å². The third-order valence-corrected chi connectivity index (χ3v) is 4.91. The van der Waals surface area contributed by atoms with E-state index in [9.17, 15) is 4.39 Å². The number of hydrogen-bond acceptors (Lipinski definition) is 1. The van der Waals surface area contributed by atoms with Gasteiger partial charge in [0.25, 0.3) is 0 Å². The Balaban J connectivity index is 1.74. The van der Waals surface area contributed by atoms with Crippen LogP contribution in [0.15, 0.2) is 42.5 Å². The Hall–Kier alpha value is -2.27. The maximum absolute atomic E-state index is 14.4. The van der Waals surface area contributed by atoms with Crippen molar-refractivity contribution < 1.29 is 9.13 Å². The van der Waals surface area contributed by atoms with E-state index >= 15 is 0 Å². The van der Waals surface area contributed by atoms with Crippen molar-refractivity contribution in [2.24, 2.45) is 5.92 Å². The number of hydrogen-bond donors (Lipinski definition) is 0. The van der Waals surface area contributed by atoms with Gasteiger partial charge in [0.1, 0.15) is 11.6 Å². The quantitative estimate of drug-likeness (QED) is 0.661. The zero-order valence-electron chi connectivity index (χ0n) is 14.3. The van der Waals surface area contributed by atoms with E-state index in [0.29, 0.717) is 11.5 Å². The first-order valence-corrected chi connectivity index (χ1v) is 8.61. The predicted molar refractivity (Wildman–Crippen MR) is 95.7 cm³/mol. The van der Waals surface area contributed by atoms with E-state index in [2.05, 4.69) is 18.8 Å². The monoisotopic (exact) mass is 322 g/mol. The van der Waals surface area contributed by atoms with E-state index in [1.54, 1.807) is 13.2 Å². The maximum atomic E-state index is 14.4. The zero-order chi connectivity index (χ0) is 16.9. The highest BCUT2D eigenvalue weighted by atomic mass is 19.1. The summed E-state index contributed by atoms with van der Waals surface area (Å²) in [5.41, 5.74) is 2.42. The Morgan fingerprint density at radius 1 is 0.958 bits per heavy atom. The Labute approximate surface area is 143 Å². The van der Waals surface area contributed by atoms with Gasteiger partial charge in [0.05, 0.1) is 12.7 Å². The van der Waals surface area contributed by atoms with Crippen LogP contribution in [0, 0.1) is 23.6 Å². The zero-order valence-corrected chi connectivity index (χ0v) is 14.3. The van der Waals surface area contributed by atoms with Gasteiger partial charge >= 0.3 is 0 Å². The van der Waals surface area contributed by atoms with Gasteiger partial charge in [0.2, 0.25) is 0 Å². The van der Waals surface area contributed by atoms with Gasteiger partial charge in [-0.1, -0.05) is 37.7 Å². The average molecular weight is 322 g/mol. The molecule has 0 aromatic heterocycles. The summed E-state index contributed by atoms with van der Waals surface area (Å²) in [4.78, 5) is 0. The topological polar surface area (TPSA) is 9.23 Å². The first-order chi connectivity index (χ1) is 11.7. The van der Waals surface area contributed by atoms with Crippen LogP contribution in [0.1, 0.15) is 55.2 Å². The largest absolute Gasteiger partial charge is 0.497 e. The minimum Gasteiger partial charge on any atom is -0.497 e. The molecule has 2 heteroatoms.